The number of fused-ring (bicyclic) bond motifs is 1. The van der Waals surface area contributed by atoms with E-state index < -0.39 is 5.97 Å². The lowest BCUT2D eigenvalue weighted by Crippen LogP contribution is -2.33. The average molecular weight is 310 g/mol. The number of carbonyl (C=O) groups excluding carboxylic acids is 2. The van der Waals surface area contributed by atoms with Crippen LogP contribution in [0.15, 0.2) is 48.5 Å². The van der Waals surface area contributed by atoms with Crippen molar-refractivity contribution in [3.8, 4) is 0 Å². The summed E-state index contributed by atoms with van der Waals surface area (Å²) < 4.78 is 5.03. The molecule has 0 aromatic heterocycles. The van der Waals surface area contributed by atoms with Crippen molar-refractivity contribution in [2.24, 2.45) is 0 Å². The van der Waals surface area contributed by atoms with E-state index in [0.29, 0.717) is 24.4 Å². The van der Waals surface area contributed by atoms with Crippen molar-refractivity contribution in [3.63, 3.8) is 0 Å². The molecule has 1 aliphatic rings. The van der Waals surface area contributed by atoms with E-state index in [1.165, 1.54) is 0 Å². The number of urea groups is 1. The summed E-state index contributed by atoms with van der Waals surface area (Å²) in [5.74, 6) is -0.440. The monoisotopic (exact) mass is 310 g/mol. The first-order valence-corrected chi connectivity index (χ1v) is 7.63. The normalized spacial score (nSPS) is 12.7. The quantitative estimate of drug-likeness (QED) is 0.883. The minimum atomic E-state index is -0.440. The first kappa shape index (κ1) is 15.1. The minimum absolute atomic E-state index is 0.244. The van der Waals surface area contributed by atoms with Gasteiger partial charge in [0.25, 0.3) is 0 Å². The topological polar surface area (TPSA) is 58.6 Å². The van der Waals surface area contributed by atoms with Crippen molar-refractivity contribution in [1.82, 2.24) is 0 Å². The van der Waals surface area contributed by atoms with E-state index in [1.807, 2.05) is 24.3 Å². The lowest BCUT2D eigenvalue weighted by atomic mass is 10.2. The molecule has 2 aromatic rings. The summed E-state index contributed by atoms with van der Waals surface area (Å²) in [6.07, 6.45) is 0.836. The summed E-state index contributed by atoms with van der Waals surface area (Å²) >= 11 is 0. The maximum Gasteiger partial charge on any atom is 0.340 e. The van der Waals surface area contributed by atoms with Crippen LogP contribution in [-0.4, -0.2) is 25.2 Å². The zero-order valence-corrected chi connectivity index (χ0v) is 12.9. The van der Waals surface area contributed by atoms with Gasteiger partial charge in [-0.1, -0.05) is 30.3 Å². The van der Waals surface area contributed by atoms with Crippen LogP contribution >= 0.6 is 0 Å². The molecule has 23 heavy (non-hydrogen) atoms. The smallest absolute Gasteiger partial charge is 0.340 e. The molecule has 2 aromatic carbocycles. The Hall–Kier alpha value is -2.82. The van der Waals surface area contributed by atoms with E-state index in [0.717, 1.165) is 17.7 Å². The number of hydrogen-bond donors (Lipinski definition) is 1. The largest absolute Gasteiger partial charge is 0.462 e. The molecular formula is C18H18N2O3. The molecule has 1 N–H and O–H groups in total. The van der Waals surface area contributed by atoms with Crippen LogP contribution < -0.4 is 10.2 Å². The predicted molar refractivity (Wildman–Crippen MR) is 88.9 cm³/mol. The van der Waals surface area contributed by atoms with Crippen LogP contribution in [0.25, 0.3) is 0 Å². The Morgan fingerprint density at radius 2 is 1.87 bits per heavy atom. The molecule has 0 saturated carbocycles. The molecule has 1 aliphatic heterocycles. The second kappa shape index (κ2) is 6.52. The number of esters is 1. The lowest BCUT2D eigenvalue weighted by Gasteiger charge is -2.19. The molecule has 0 aliphatic carbocycles. The Kier molecular flexibility index (Phi) is 4.28. The number of nitrogens with zero attached hydrogens (tertiary/aromatic N) is 1. The summed E-state index contributed by atoms with van der Waals surface area (Å²) in [6.45, 7) is 2.67. The number of hydrogen-bond acceptors (Lipinski definition) is 3. The van der Waals surface area contributed by atoms with E-state index in [-0.39, 0.29) is 6.03 Å². The summed E-state index contributed by atoms with van der Waals surface area (Å²) in [5, 5.41) is 2.82. The third kappa shape index (κ3) is 3.04. The fourth-order valence-corrected chi connectivity index (χ4v) is 2.71. The van der Waals surface area contributed by atoms with Crippen LogP contribution in [0.5, 0.6) is 0 Å². The highest BCUT2D eigenvalue weighted by Gasteiger charge is 2.25. The Balaban J connectivity index is 1.81. The zero-order chi connectivity index (χ0) is 16.2. The van der Waals surface area contributed by atoms with Gasteiger partial charge in [0.2, 0.25) is 0 Å². The SMILES string of the molecule is CCOC(=O)c1ccccc1NC(=O)N1CCc2ccccc21. The first-order valence-electron chi connectivity index (χ1n) is 7.63. The van der Waals surface area contributed by atoms with Crippen LogP contribution in [0.1, 0.15) is 22.8 Å². The number of benzene rings is 2. The summed E-state index contributed by atoms with van der Waals surface area (Å²) in [5.41, 5.74) is 2.88. The van der Waals surface area contributed by atoms with Gasteiger partial charge in [0.05, 0.1) is 17.9 Å². The molecule has 118 valence electrons. The fraction of sp³-hybridized carbons (Fsp3) is 0.222. The van der Waals surface area contributed by atoms with Gasteiger partial charge in [-0.3, -0.25) is 4.90 Å². The lowest BCUT2D eigenvalue weighted by molar-refractivity contribution is 0.0527. The standard InChI is InChI=1S/C18H18N2O3/c1-2-23-17(21)14-8-4-5-9-15(14)19-18(22)20-12-11-13-7-3-6-10-16(13)20/h3-10H,2,11-12H2,1H3,(H,19,22). The molecule has 0 spiro atoms. The van der Waals surface area contributed by atoms with Gasteiger partial charge >= 0.3 is 12.0 Å². The van der Waals surface area contributed by atoms with Gasteiger partial charge in [0.15, 0.2) is 0 Å². The molecule has 0 saturated heterocycles. The minimum Gasteiger partial charge on any atom is -0.462 e. The predicted octanol–water partition coefficient (Wildman–Crippen LogP) is 3.46. The van der Waals surface area contributed by atoms with Gasteiger partial charge in [0, 0.05) is 12.2 Å². The van der Waals surface area contributed by atoms with Crippen molar-refractivity contribution in [3.05, 3.63) is 59.7 Å². The van der Waals surface area contributed by atoms with Crippen LogP contribution in [0.2, 0.25) is 0 Å². The number of carbonyl (C=O) groups is 2. The molecule has 1 heterocycles. The van der Waals surface area contributed by atoms with E-state index >= 15 is 0 Å². The summed E-state index contributed by atoms with van der Waals surface area (Å²) in [7, 11) is 0. The Morgan fingerprint density at radius 1 is 1.13 bits per heavy atom. The molecule has 5 nitrogen and oxygen atoms in total. The average Bonchev–Trinajstić information content (AvgIpc) is 2.99. The molecule has 5 heteroatoms. The molecule has 0 atom stereocenters. The van der Waals surface area contributed by atoms with E-state index in [2.05, 4.69) is 5.32 Å². The number of nitrogens with one attached hydrogen (secondary N) is 1. The summed E-state index contributed by atoms with van der Waals surface area (Å²) in [6, 6.07) is 14.5. The number of rotatable bonds is 3. The van der Waals surface area contributed by atoms with E-state index in [1.54, 1.807) is 36.1 Å². The number of anilines is 2. The molecule has 0 bridgehead atoms. The van der Waals surface area contributed by atoms with Gasteiger partial charge in [-0.05, 0) is 37.1 Å². The molecule has 0 unspecified atom stereocenters. The van der Waals surface area contributed by atoms with Crippen molar-refractivity contribution < 1.29 is 14.3 Å². The van der Waals surface area contributed by atoms with Crippen LogP contribution in [0.4, 0.5) is 16.2 Å². The number of ether oxygens (including phenoxy) is 1. The highest BCUT2D eigenvalue weighted by atomic mass is 16.5. The maximum absolute atomic E-state index is 12.6. The Bertz CT molecular complexity index is 743. The second-order valence-corrected chi connectivity index (χ2v) is 5.23. The van der Waals surface area contributed by atoms with Crippen LogP contribution in [0.3, 0.4) is 0 Å². The van der Waals surface area contributed by atoms with Gasteiger partial charge in [-0.25, -0.2) is 9.59 Å². The van der Waals surface area contributed by atoms with Gasteiger partial charge in [-0.2, -0.15) is 0 Å². The summed E-state index contributed by atoms with van der Waals surface area (Å²) in [4.78, 5) is 26.2. The Labute approximate surface area is 134 Å². The molecule has 0 fully saturated rings. The maximum atomic E-state index is 12.6. The van der Waals surface area contributed by atoms with Crippen molar-refractivity contribution in [2.45, 2.75) is 13.3 Å². The third-order valence-electron chi connectivity index (χ3n) is 3.80. The first-order chi connectivity index (χ1) is 11.2. The van der Waals surface area contributed by atoms with E-state index in [9.17, 15) is 9.59 Å². The third-order valence-corrected chi connectivity index (χ3v) is 3.80. The van der Waals surface area contributed by atoms with Crippen LogP contribution in [-0.2, 0) is 11.2 Å². The van der Waals surface area contributed by atoms with Crippen molar-refractivity contribution >= 4 is 23.4 Å². The van der Waals surface area contributed by atoms with Crippen molar-refractivity contribution in [1.29, 1.82) is 0 Å². The van der Waals surface area contributed by atoms with Gasteiger partial charge in [-0.15, -0.1) is 0 Å². The highest BCUT2D eigenvalue weighted by molar-refractivity contribution is 6.07. The molecular weight excluding hydrogens is 292 g/mol. The molecule has 3 rings (SSSR count). The van der Waals surface area contributed by atoms with Gasteiger partial charge in [0.1, 0.15) is 0 Å². The number of amides is 2. The molecule has 0 radical (unpaired) electrons. The fourth-order valence-electron chi connectivity index (χ4n) is 2.71. The second-order valence-electron chi connectivity index (χ2n) is 5.23. The molecule has 2 amide bonds. The van der Waals surface area contributed by atoms with Crippen molar-refractivity contribution in [2.75, 3.05) is 23.4 Å². The van der Waals surface area contributed by atoms with E-state index in [4.69, 9.17) is 4.74 Å². The van der Waals surface area contributed by atoms with Crippen LogP contribution in [0, 0.1) is 0 Å². The highest BCUT2D eigenvalue weighted by Crippen LogP contribution is 2.28. The van der Waals surface area contributed by atoms with Gasteiger partial charge < -0.3 is 10.1 Å². The Morgan fingerprint density at radius 3 is 2.70 bits per heavy atom. The zero-order valence-electron chi connectivity index (χ0n) is 12.9. The number of para-hydroxylation sites is 2.